The van der Waals surface area contributed by atoms with Gasteiger partial charge in [0.15, 0.2) is 0 Å². The van der Waals surface area contributed by atoms with Crippen LogP contribution in [0.15, 0.2) is 18.2 Å². The number of nitro groups is 1. The van der Waals surface area contributed by atoms with E-state index < -0.39 is 10.7 Å². The van der Waals surface area contributed by atoms with E-state index in [1.54, 1.807) is 0 Å². The molecule has 0 N–H and O–H groups in total. The highest BCUT2D eigenvalue weighted by Crippen LogP contribution is 2.24. The third-order valence-electron chi connectivity index (χ3n) is 2.77. The van der Waals surface area contributed by atoms with Crippen LogP contribution in [0.4, 0.5) is 10.1 Å². The highest BCUT2D eigenvalue weighted by atomic mass is 19.1. The zero-order chi connectivity index (χ0) is 13.0. The lowest BCUT2D eigenvalue weighted by molar-refractivity contribution is -0.385. The molecule has 1 unspecified atom stereocenters. The molecule has 0 aliphatic carbocycles. The molecule has 0 bridgehead atoms. The molecule has 5 heteroatoms. The average molecular weight is 239 g/mol. The summed E-state index contributed by atoms with van der Waals surface area (Å²) in [6.07, 6.45) is 0.795. The van der Waals surface area contributed by atoms with Gasteiger partial charge in [-0.05, 0) is 31.9 Å². The Morgan fingerprint density at radius 2 is 2.18 bits per heavy atom. The summed E-state index contributed by atoms with van der Waals surface area (Å²) in [6, 6.07) is 3.32. The highest BCUT2D eigenvalue weighted by Gasteiger charge is 2.20. The molecule has 0 saturated carbocycles. The first-order valence-electron chi connectivity index (χ1n) is 5.39. The monoisotopic (exact) mass is 239 g/mol. The van der Waals surface area contributed by atoms with Crippen molar-refractivity contribution >= 4 is 11.5 Å². The van der Waals surface area contributed by atoms with E-state index in [9.17, 15) is 19.3 Å². The Hall–Kier alpha value is -1.78. The highest BCUT2D eigenvalue weighted by molar-refractivity contribution is 5.78. The molecule has 0 amide bonds. The minimum atomic E-state index is -0.554. The Morgan fingerprint density at radius 1 is 1.53 bits per heavy atom. The number of nitrogens with zero attached hydrogens (tertiary/aromatic N) is 1. The zero-order valence-corrected chi connectivity index (χ0v) is 9.77. The Labute approximate surface area is 98.6 Å². The maximum atomic E-state index is 13.1. The second-order valence-corrected chi connectivity index (χ2v) is 3.95. The molecular weight excluding hydrogens is 225 g/mol. The molecule has 0 fully saturated rings. The topological polar surface area (TPSA) is 60.2 Å². The third-order valence-corrected chi connectivity index (χ3v) is 2.77. The van der Waals surface area contributed by atoms with E-state index >= 15 is 0 Å². The zero-order valence-electron chi connectivity index (χ0n) is 9.77. The van der Waals surface area contributed by atoms with Gasteiger partial charge in [0, 0.05) is 17.5 Å². The summed E-state index contributed by atoms with van der Waals surface area (Å²) in [4.78, 5) is 21.5. The van der Waals surface area contributed by atoms with Crippen molar-refractivity contribution in [2.45, 2.75) is 26.7 Å². The van der Waals surface area contributed by atoms with E-state index in [1.165, 1.54) is 6.92 Å². The van der Waals surface area contributed by atoms with Gasteiger partial charge in [-0.15, -0.1) is 0 Å². The summed E-state index contributed by atoms with van der Waals surface area (Å²) in [5, 5.41) is 10.8. The minimum absolute atomic E-state index is 0.0361. The molecule has 1 aromatic rings. The molecule has 1 aromatic carbocycles. The maximum absolute atomic E-state index is 13.1. The predicted molar refractivity (Wildman–Crippen MR) is 61.2 cm³/mol. The van der Waals surface area contributed by atoms with E-state index in [1.807, 2.05) is 6.92 Å². The number of benzene rings is 1. The number of carbonyl (C=O) groups excluding carboxylic acids is 1. The van der Waals surface area contributed by atoms with Crippen LogP contribution in [0.5, 0.6) is 0 Å². The third kappa shape index (κ3) is 3.34. The molecule has 17 heavy (non-hydrogen) atoms. The van der Waals surface area contributed by atoms with E-state index in [2.05, 4.69) is 0 Å². The summed E-state index contributed by atoms with van der Waals surface area (Å²) in [7, 11) is 0. The molecule has 4 nitrogen and oxygen atoms in total. The lowest BCUT2D eigenvalue weighted by atomic mass is 9.93. The van der Waals surface area contributed by atoms with Crippen LogP contribution < -0.4 is 0 Å². The lowest BCUT2D eigenvalue weighted by Crippen LogP contribution is -2.14. The molecule has 92 valence electrons. The number of hydrogen-bond donors (Lipinski definition) is 0. The van der Waals surface area contributed by atoms with Crippen LogP contribution in [0, 0.1) is 21.8 Å². The van der Waals surface area contributed by atoms with Crippen molar-refractivity contribution < 1.29 is 14.1 Å². The number of rotatable bonds is 5. The number of nitro benzene ring substituents is 1. The first kappa shape index (κ1) is 13.3. The first-order valence-corrected chi connectivity index (χ1v) is 5.39. The van der Waals surface area contributed by atoms with Gasteiger partial charge in [-0.25, -0.2) is 4.39 Å². The second-order valence-electron chi connectivity index (χ2n) is 3.95. The van der Waals surface area contributed by atoms with Crippen LogP contribution in [0.2, 0.25) is 0 Å². The van der Waals surface area contributed by atoms with E-state index in [-0.39, 0.29) is 29.4 Å². The van der Waals surface area contributed by atoms with Crippen LogP contribution in [0.3, 0.4) is 0 Å². The largest absolute Gasteiger partial charge is 0.300 e. The van der Waals surface area contributed by atoms with Gasteiger partial charge in [-0.3, -0.25) is 14.9 Å². The van der Waals surface area contributed by atoms with Gasteiger partial charge in [0.2, 0.25) is 0 Å². The summed E-state index contributed by atoms with van der Waals surface area (Å²) < 4.78 is 13.1. The van der Waals surface area contributed by atoms with Gasteiger partial charge in [0.05, 0.1) is 4.92 Å². The average Bonchev–Trinajstić information content (AvgIpc) is 2.25. The van der Waals surface area contributed by atoms with Crippen LogP contribution in [0.25, 0.3) is 0 Å². The molecule has 1 rings (SSSR count). The quantitative estimate of drug-likeness (QED) is 0.586. The molecular formula is C12H14FNO3. The Balaban J connectivity index is 3.07. The van der Waals surface area contributed by atoms with Crippen LogP contribution in [-0.4, -0.2) is 10.7 Å². The summed E-state index contributed by atoms with van der Waals surface area (Å²) >= 11 is 0. The minimum Gasteiger partial charge on any atom is -0.300 e. The van der Waals surface area contributed by atoms with Crippen molar-refractivity contribution in [1.82, 2.24) is 0 Å². The molecule has 0 heterocycles. The molecule has 1 atom stereocenters. The maximum Gasteiger partial charge on any atom is 0.272 e. The fraction of sp³-hybridized carbons (Fsp3) is 0.417. The lowest BCUT2D eigenvalue weighted by Gasteiger charge is -2.11. The smallest absolute Gasteiger partial charge is 0.272 e. The van der Waals surface area contributed by atoms with Gasteiger partial charge in [0.1, 0.15) is 11.6 Å². The van der Waals surface area contributed by atoms with Crippen molar-refractivity contribution in [2.24, 2.45) is 5.92 Å². The molecule has 0 aliphatic rings. The summed E-state index contributed by atoms with van der Waals surface area (Å²) in [5.74, 6) is -0.856. The number of ketones is 1. The van der Waals surface area contributed by atoms with Crippen molar-refractivity contribution in [2.75, 3.05) is 0 Å². The van der Waals surface area contributed by atoms with Gasteiger partial charge in [-0.2, -0.15) is 0 Å². The number of hydrogen-bond acceptors (Lipinski definition) is 3. The Bertz CT molecular complexity index is 445. The van der Waals surface area contributed by atoms with Crippen molar-refractivity contribution in [1.29, 1.82) is 0 Å². The van der Waals surface area contributed by atoms with E-state index in [0.717, 1.165) is 18.2 Å². The second kappa shape index (κ2) is 5.52. The molecule has 0 radical (unpaired) electrons. The van der Waals surface area contributed by atoms with Crippen LogP contribution in [-0.2, 0) is 11.2 Å². The Kier molecular flexibility index (Phi) is 4.31. The normalized spacial score (nSPS) is 12.2. The van der Waals surface area contributed by atoms with Crippen LogP contribution >= 0.6 is 0 Å². The SMILES string of the molecule is CCC(Cc1cc(F)ccc1[N+](=O)[O-])C(C)=O. The summed E-state index contributed by atoms with van der Waals surface area (Å²) in [5.41, 5.74) is 0.142. The van der Waals surface area contributed by atoms with Crippen molar-refractivity contribution in [3.8, 4) is 0 Å². The summed E-state index contributed by atoms with van der Waals surface area (Å²) in [6.45, 7) is 3.27. The molecule has 0 saturated heterocycles. The fourth-order valence-electron chi connectivity index (χ4n) is 1.74. The number of carbonyl (C=O) groups is 1. The van der Waals surface area contributed by atoms with Crippen molar-refractivity contribution in [3.63, 3.8) is 0 Å². The van der Waals surface area contributed by atoms with E-state index in [4.69, 9.17) is 0 Å². The fourth-order valence-corrected chi connectivity index (χ4v) is 1.74. The number of halogens is 1. The first-order chi connectivity index (χ1) is 7.95. The van der Waals surface area contributed by atoms with Gasteiger partial charge in [0.25, 0.3) is 5.69 Å². The van der Waals surface area contributed by atoms with Crippen LogP contribution in [0.1, 0.15) is 25.8 Å². The standard InChI is InChI=1S/C12H14FNO3/c1-3-9(8(2)15)6-10-7-11(13)4-5-12(10)14(16)17/h4-5,7,9H,3,6H2,1-2H3. The number of Topliss-reactive ketones (excluding diaryl/α,β-unsaturated/α-hetero) is 1. The van der Waals surface area contributed by atoms with Crippen molar-refractivity contribution in [3.05, 3.63) is 39.7 Å². The van der Waals surface area contributed by atoms with Gasteiger partial charge < -0.3 is 0 Å². The van der Waals surface area contributed by atoms with Gasteiger partial charge >= 0.3 is 0 Å². The van der Waals surface area contributed by atoms with E-state index in [0.29, 0.717) is 6.42 Å². The molecule has 0 spiro atoms. The molecule has 0 aromatic heterocycles. The molecule has 0 aliphatic heterocycles. The van der Waals surface area contributed by atoms with Gasteiger partial charge in [-0.1, -0.05) is 6.92 Å². The predicted octanol–water partition coefficient (Wildman–Crippen LogP) is 2.89. The Morgan fingerprint density at radius 3 is 2.65 bits per heavy atom.